The Balaban J connectivity index is 1.77. The van der Waals surface area contributed by atoms with Crippen molar-refractivity contribution in [1.82, 2.24) is 10.6 Å². The first kappa shape index (κ1) is 16.4. The topological polar surface area (TPSA) is 79.8 Å². The lowest BCUT2D eigenvalue weighted by atomic mass is 10.0. The number of hydrogen-bond acceptors (Lipinski definition) is 4. The second kappa shape index (κ2) is 6.87. The summed E-state index contributed by atoms with van der Waals surface area (Å²) in [6.07, 6.45) is 0.300. The van der Waals surface area contributed by atoms with Crippen molar-refractivity contribution in [2.45, 2.75) is 38.9 Å². The van der Waals surface area contributed by atoms with Crippen LogP contribution in [0.2, 0.25) is 0 Å². The van der Waals surface area contributed by atoms with E-state index < -0.39 is 6.10 Å². The maximum absolute atomic E-state index is 11.4. The molecule has 22 heavy (non-hydrogen) atoms. The molecule has 1 aromatic carbocycles. The van der Waals surface area contributed by atoms with Crippen LogP contribution in [0.15, 0.2) is 18.2 Å². The summed E-state index contributed by atoms with van der Waals surface area (Å²) in [5.41, 5.74) is 0.936. The summed E-state index contributed by atoms with van der Waals surface area (Å²) >= 11 is 0. The molecule has 2 rings (SSSR count). The first-order valence-corrected chi connectivity index (χ1v) is 7.51. The zero-order valence-electron chi connectivity index (χ0n) is 13.3. The second-order valence-corrected chi connectivity index (χ2v) is 6.12. The van der Waals surface area contributed by atoms with Gasteiger partial charge < -0.3 is 25.2 Å². The van der Waals surface area contributed by atoms with Crippen molar-refractivity contribution in [3.05, 3.63) is 23.8 Å². The van der Waals surface area contributed by atoms with E-state index >= 15 is 0 Å². The summed E-state index contributed by atoms with van der Waals surface area (Å²) < 4.78 is 11.6. The molecule has 122 valence electrons. The van der Waals surface area contributed by atoms with Crippen LogP contribution in [0.3, 0.4) is 0 Å². The predicted octanol–water partition coefficient (Wildman–Crippen LogP) is 1.46. The van der Waals surface area contributed by atoms with E-state index in [4.69, 9.17) is 14.6 Å². The van der Waals surface area contributed by atoms with Crippen molar-refractivity contribution in [3.63, 3.8) is 0 Å². The number of aliphatic hydroxyl groups excluding tert-OH is 1. The van der Waals surface area contributed by atoms with Crippen LogP contribution in [0.4, 0.5) is 4.79 Å². The van der Waals surface area contributed by atoms with Crippen molar-refractivity contribution in [3.8, 4) is 11.5 Å². The van der Waals surface area contributed by atoms with Gasteiger partial charge in [-0.15, -0.1) is 0 Å². The van der Waals surface area contributed by atoms with Gasteiger partial charge in [-0.1, -0.05) is 12.1 Å². The Bertz CT molecular complexity index is 529. The minimum absolute atomic E-state index is 0.207. The Hall–Kier alpha value is -1.95. The molecule has 0 aliphatic carbocycles. The zero-order valence-corrected chi connectivity index (χ0v) is 13.3. The summed E-state index contributed by atoms with van der Waals surface area (Å²) in [7, 11) is 0. The van der Waals surface area contributed by atoms with Gasteiger partial charge >= 0.3 is 6.03 Å². The van der Waals surface area contributed by atoms with Gasteiger partial charge in [0.2, 0.25) is 0 Å². The third-order valence-electron chi connectivity index (χ3n) is 3.26. The van der Waals surface area contributed by atoms with Crippen LogP contribution in [0.1, 0.15) is 26.3 Å². The second-order valence-electron chi connectivity index (χ2n) is 6.12. The van der Waals surface area contributed by atoms with Crippen molar-refractivity contribution in [2.24, 2.45) is 0 Å². The number of ether oxygens (including phenoxy) is 2. The molecular weight excluding hydrogens is 284 g/mol. The number of aliphatic hydroxyl groups is 1. The van der Waals surface area contributed by atoms with E-state index in [1.54, 1.807) is 6.92 Å². The monoisotopic (exact) mass is 308 g/mol. The van der Waals surface area contributed by atoms with Gasteiger partial charge in [-0.25, -0.2) is 4.79 Å². The fourth-order valence-corrected chi connectivity index (χ4v) is 2.33. The van der Waals surface area contributed by atoms with Crippen LogP contribution in [0, 0.1) is 0 Å². The average molecular weight is 308 g/mol. The first-order chi connectivity index (χ1) is 10.4. The molecule has 3 N–H and O–H groups in total. The Kier molecular flexibility index (Phi) is 5.13. The molecule has 0 saturated carbocycles. The summed E-state index contributed by atoms with van der Waals surface area (Å²) in [5.74, 6) is 1.50. The fraction of sp³-hybridized carbons (Fsp3) is 0.562. The number of urea groups is 1. The van der Waals surface area contributed by atoms with Gasteiger partial charge in [-0.3, -0.25) is 0 Å². The largest absolute Gasteiger partial charge is 0.488 e. The number of fused-ring (bicyclic) bond motifs is 1. The molecule has 0 unspecified atom stereocenters. The van der Waals surface area contributed by atoms with Crippen LogP contribution in [0.5, 0.6) is 11.5 Å². The molecule has 1 aliphatic heterocycles. The molecule has 0 aromatic heterocycles. The van der Waals surface area contributed by atoms with Crippen LogP contribution in [0.25, 0.3) is 0 Å². The third-order valence-corrected chi connectivity index (χ3v) is 3.26. The molecule has 1 aromatic rings. The van der Waals surface area contributed by atoms with Crippen LogP contribution >= 0.6 is 0 Å². The normalized spacial score (nSPS) is 16.4. The molecule has 1 heterocycles. The highest BCUT2D eigenvalue weighted by Gasteiger charge is 2.32. The average Bonchev–Trinajstić information content (AvgIpc) is 2.76. The van der Waals surface area contributed by atoms with E-state index in [1.165, 1.54) is 0 Å². The van der Waals surface area contributed by atoms with E-state index in [9.17, 15) is 4.79 Å². The quantitative estimate of drug-likeness (QED) is 0.695. The molecular formula is C16H24N2O4. The molecule has 0 spiro atoms. The van der Waals surface area contributed by atoms with Gasteiger partial charge in [0.15, 0.2) is 11.5 Å². The SMILES string of the molecule is C[C@@H](O)CNC(=O)NCCOc1cccc2c1OC(C)(C)C2. The number of hydrogen-bond donors (Lipinski definition) is 3. The van der Waals surface area contributed by atoms with E-state index in [0.717, 1.165) is 17.7 Å². The van der Waals surface area contributed by atoms with Gasteiger partial charge in [0.05, 0.1) is 12.6 Å². The zero-order chi connectivity index (χ0) is 16.2. The van der Waals surface area contributed by atoms with E-state index in [2.05, 4.69) is 10.6 Å². The standard InChI is InChI=1S/C16H24N2O4/c1-11(19)10-18-15(20)17-7-8-21-13-6-4-5-12-9-16(2,3)22-14(12)13/h4-6,11,19H,7-10H2,1-3H3,(H2,17,18,20)/t11-/m1/s1. The fourth-order valence-electron chi connectivity index (χ4n) is 2.33. The lowest BCUT2D eigenvalue weighted by Gasteiger charge is -2.18. The summed E-state index contributed by atoms with van der Waals surface area (Å²) in [5, 5.41) is 14.3. The summed E-state index contributed by atoms with van der Waals surface area (Å²) in [6, 6.07) is 5.54. The lowest BCUT2D eigenvalue weighted by molar-refractivity contribution is 0.132. The minimum atomic E-state index is -0.561. The highest BCUT2D eigenvalue weighted by Crippen LogP contribution is 2.41. The Morgan fingerprint density at radius 1 is 1.45 bits per heavy atom. The molecule has 2 amide bonds. The number of benzene rings is 1. The Labute approximate surface area is 130 Å². The lowest BCUT2D eigenvalue weighted by Crippen LogP contribution is -2.40. The van der Waals surface area contributed by atoms with Crippen LogP contribution in [-0.2, 0) is 6.42 Å². The molecule has 0 radical (unpaired) electrons. The predicted molar refractivity (Wildman–Crippen MR) is 83.4 cm³/mol. The van der Waals surface area contributed by atoms with Gasteiger partial charge in [0.25, 0.3) is 0 Å². The Morgan fingerprint density at radius 2 is 2.23 bits per heavy atom. The van der Waals surface area contributed by atoms with E-state index in [0.29, 0.717) is 18.9 Å². The molecule has 0 fully saturated rings. The highest BCUT2D eigenvalue weighted by molar-refractivity contribution is 5.73. The third kappa shape index (κ3) is 4.53. The maximum atomic E-state index is 11.4. The minimum Gasteiger partial charge on any atom is -0.488 e. The van der Waals surface area contributed by atoms with Crippen molar-refractivity contribution < 1.29 is 19.4 Å². The molecule has 1 aliphatic rings. The van der Waals surface area contributed by atoms with Crippen LogP contribution in [-0.4, -0.2) is 42.5 Å². The summed E-state index contributed by atoms with van der Waals surface area (Å²) in [4.78, 5) is 11.4. The summed E-state index contributed by atoms with van der Waals surface area (Å²) in [6.45, 7) is 6.65. The van der Waals surface area contributed by atoms with Gasteiger partial charge in [0, 0.05) is 18.5 Å². The number of para-hydroxylation sites is 1. The smallest absolute Gasteiger partial charge is 0.314 e. The Morgan fingerprint density at radius 3 is 2.95 bits per heavy atom. The van der Waals surface area contributed by atoms with E-state index in [1.807, 2.05) is 32.0 Å². The number of amides is 2. The van der Waals surface area contributed by atoms with Crippen molar-refractivity contribution >= 4 is 6.03 Å². The highest BCUT2D eigenvalue weighted by atomic mass is 16.5. The number of nitrogens with one attached hydrogen (secondary N) is 2. The molecule has 0 bridgehead atoms. The van der Waals surface area contributed by atoms with Gasteiger partial charge in [-0.05, 0) is 26.8 Å². The van der Waals surface area contributed by atoms with E-state index in [-0.39, 0.29) is 18.2 Å². The number of carbonyl (C=O) groups is 1. The first-order valence-electron chi connectivity index (χ1n) is 7.51. The molecule has 1 atom stereocenters. The maximum Gasteiger partial charge on any atom is 0.314 e. The van der Waals surface area contributed by atoms with Crippen molar-refractivity contribution in [2.75, 3.05) is 19.7 Å². The molecule has 6 heteroatoms. The molecule has 6 nitrogen and oxygen atoms in total. The van der Waals surface area contributed by atoms with Crippen molar-refractivity contribution in [1.29, 1.82) is 0 Å². The molecule has 0 saturated heterocycles. The van der Waals surface area contributed by atoms with Gasteiger partial charge in [0.1, 0.15) is 12.2 Å². The van der Waals surface area contributed by atoms with Crippen LogP contribution < -0.4 is 20.1 Å². The van der Waals surface area contributed by atoms with Gasteiger partial charge in [-0.2, -0.15) is 0 Å². The number of rotatable bonds is 6. The number of carbonyl (C=O) groups excluding carboxylic acids is 1.